The SMILES string of the molecule is CCCN(CCO)CCOc1ccc(OCC)cc1. The molecule has 1 aromatic carbocycles. The van der Waals surface area contributed by atoms with E-state index < -0.39 is 0 Å². The first kappa shape index (κ1) is 15.8. The van der Waals surface area contributed by atoms with Crippen molar-refractivity contribution in [3.05, 3.63) is 24.3 Å². The smallest absolute Gasteiger partial charge is 0.119 e. The molecule has 19 heavy (non-hydrogen) atoms. The van der Waals surface area contributed by atoms with E-state index in [2.05, 4.69) is 11.8 Å². The van der Waals surface area contributed by atoms with Crippen molar-refractivity contribution in [2.75, 3.05) is 39.5 Å². The molecular formula is C15H25NO3. The second kappa shape index (κ2) is 9.64. The van der Waals surface area contributed by atoms with Crippen LogP contribution in [-0.4, -0.2) is 49.5 Å². The third-order valence-electron chi connectivity index (χ3n) is 2.77. The predicted octanol–water partition coefficient (Wildman–Crippen LogP) is 2.17. The van der Waals surface area contributed by atoms with Gasteiger partial charge in [-0.2, -0.15) is 0 Å². The highest BCUT2D eigenvalue weighted by Crippen LogP contribution is 2.17. The van der Waals surface area contributed by atoms with Crippen LogP contribution in [0.25, 0.3) is 0 Å². The summed E-state index contributed by atoms with van der Waals surface area (Å²) in [6, 6.07) is 7.66. The monoisotopic (exact) mass is 267 g/mol. The fourth-order valence-corrected chi connectivity index (χ4v) is 1.88. The van der Waals surface area contributed by atoms with Gasteiger partial charge in [0.25, 0.3) is 0 Å². The van der Waals surface area contributed by atoms with Gasteiger partial charge < -0.3 is 14.6 Å². The van der Waals surface area contributed by atoms with Crippen LogP contribution >= 0.6 is 0 Å². The molecule has 0 amide bonds. The molecule has 1 rings (SSSR count). The molecule has 0 fully saturated rings. The van der Waals surface area contributed by atoms with Gasteiger partial charge in [-0.15, -0.1) is 0 Å². The lowest BCUT2D eigenvalue weighted by Gasteiger charge is -2.20. The Morgan fingerprint density at radius 1 is 0.947 bits per heavy atom. The van der Waals surface area contributed by atoms with Crippen molar-refractivity contribution in [3.63, 3.8) is 0 Å². The topological polar surface area (TPSA) is 41.9 Å². The molecule has 0 aliphatic rings. The minimum Gasteiger partial charge on any atom is -0.494 e. The fraction of sp³-hybridized carbons (Fsp3) is 0.600. The van der Waals surface area contributed by atoms with Gasteiger partial charge in [0, 0.05) is 13.1 Å². The summed E-state index contributed by atoms with van der Waals surface area (Å²) in [6.07, 6.45) is 1.09. The average Bonchev–Trinajstić information content (AvgIpc) is 2.41. The zero-order valence-electron chi connectivity index (χ0n) is 12.0. The summed E-state index contributed by atoms with van der Waals surface area (Å²) in [4.78, 5) is 2.20. The molecule has 4 nitrogen and oxygen atoms in total. The van der Waals surface area contributed by atoms with Gasteiger partial charge in [0.1, 0.15) is 18.1 Å². The highest BCUT2D eigenvalue weighted by molar-refractivity contribution is 5.31. The number of rotatable bonds is 10. The Morgan fingerprint density at radius 3 is 2.11 bits per heavy atom. The minimum absolute atomic E-state index is 0.197. The zero-order valence-corrected chi connectivity index (χ0v) is 12.0. The molecule has 108 valence electrons. The van der Waals surface area contributed by atoms with E-state index in [9.17, 15) is 0 Å². The van der Waals surface area contributed by atoms with Crippen molar-refractivity contribution in [2.24, 2.45) is 0 Å². The first-order valence-electron chi connectivity index (χ1n) is 6.99. The van der Waals surface area contributed by atoms with Crippen molar-refractivity contribution in [1.82, 2.24) is 4.90 Å². The molecule has 0 heterocycles. The molecular weight excluding hydrogens is 242 g/mol. The maximum atomic E-state index is 8.96. The maximum absolute atomic E-state index is 8.96. The van der Waals surface area contributed by atoms with Gasteiger partial charge in [0.2, 0.25) is 0 Å². The summed E-state index contributed by atoms with van der Waals surface area (Å²) in [5.74, 6) is 1.71. The second-order valence-electron chi connectivity index (χ2n) is 4.32. The molecule has 0 atom stereocenters. The van der Waals surface area contributed by atoms with Crippen molar-refractivity contribution in [2.45, 2.75) is 20.3 Å². The van der Waals surface area contributed by atoms with E-state index in [0.717, 1.165) is 31.0 Å². The predicted molar refractivity (Wildman–Crippen MR) is 76.9 cm³/mol. The second-order valence-corrected chi connectivity index (χ2v) is 4.32. The number of aliphatic hydroxyl groups excluding tert-OH is 1. The van der Waals surface area contributed by atoms with Gasteiger partial charge in [-0.1, -0.05) is 6.92 Å². The van der Waals surface area contributed by atoms with E-state index in [-0.39, 0.29) is 6.61 Å². The number of aliphatic hydroxyl groups is 1. The van der Waals surface area contributed by atoms with Crippen LogP contribution in [0.2, 0.25) is 0 Å². The molecule has 0 radical (unpaired) electrons. The van der Waals surface area contributed by atoms with E-state index in [0.29, 0.717) is 19.8 Å². The highest BCUT2D eigenvalue weighted by atomic mass is 16.5. The molecule has 0 spiro atoms. The first-order chi connectivity index (χ1) is 9.30. The van der Waals surface area contributed by atoms with Crippen LogP contribution in [-0.2, 0) is 0 Å². The van der Waals surface area contributed by atoms with Gasteiger partial charge in [-0.25, -0.2) is 0 Å². The minimum atomic E-state index is 0.197. The van der Waals surface area contributed by atoms with Crippen LogP contribution in [0.5, 0.6) is 11.5 Å². The first-order valence-corrected chi connectivity index (χ1v) is 6.99. The molecule has 0 bridgehead atoms. The van der Waals surface area contributed by atoms with Crippen LogP contribution in [0.15, 0.2) is 24.3 Å². The summed E-state index contributed by atoms with van der Waals surface area (Å²) < 4.78 is 11.1. The number of benzene rings is 1. The Morgan fingerprint density at radius 2 is 1.58 bits per heavy atom. The van der Waals surface area contributed by atoms with Gasteiger partial charge in [0.05, 0.1) is 13.2 Å². The van der Waals surface area contributed by atoms with Crippen LogP contribution < -0.4 is 9.47 Å². The third-order valence-corrected chi connectivity index (χ3v) is 2.77. The third kappa shape index (κ3) is 6.45. The summed E-state index contributed by atoms with van der Waals surface area (Å²) in [5.41, 5.74) is 0. The summed E-state index contributed by atoms with van der Waals surface area (Å²) in [6.45, 7) is 8.14. The maximum Gasteiger partial charge on any atom is 0.119 e. The van der Waals surface area contributed by atoms with E-state index >= 15 is 0 Å². The molecule has 0 aliphatic heterocycles. The number of nitrogens with zero attached hydrogens (tertiary/aromatic N) is 1. The lowest BCUT2D eigenvalue weighted by atomic mass is 10.3. The van der Waals surface area contributed by atoms with Crippen LogP contribution in [0.4, 0.5) is 0 Å². The molecule has 1 N–H and O–H groups in total. The molecule has 0 unspecified atom stereocenters. The van der Waals surface area contributed by atoms with Gasteiger partial charge in [0.15, 0.2) is 0 Å². The van der Waals surface area contributed by atoms with E-state index in [1.54, 1.807) is 0 Å². The Hall–Kier alpha value is -1.26. The Kier molecular flexibility index (Phi) is 8.02. The fourth-order valence-electron chi connectivity index (χ4n) is 1.88. The molecule has 0 saturated heterocycles. The van der Waals surface area contributed by atoms with E-state index in [1.165, 1.54) is 0 Å². The van der Waals surface area contributed by atoms with Gasteiger partial charge >= 0.3 is 0 Å². The van der Waals surface area contributed by atoms with Crippen molar-refractivity contribution >= 4 is 0 Å². The molecule has 1 aromatic rings. The number of hydrogen-bond acceptors (Lipinski definition) is 4. The number of ether oxygens (including phenoxy) is 2. The molecule has 4 heteroatoms. The van der Waals surface area contributed by atoms with E-state index in [4.69, 9.17) is 14.6 Å². The van der Waals surface area contributed by atoms with Crippen LogP contribution in [0, 0.1) is 0 Å². The normalized spacial score (nSPS) is 10.7. The lowest BCUT2D eigenvalue weighted by molar-refractivity contribution is 0.168. The number of hydrogen-bond donors (Lipinski definition) is 1. The summed E-state index contributed by atoms with van der Waals surface area (Å²) in [7, 11) is 0. The Labute approximate surface area is 115 Å². The lowest BCUT2D eigenvalue weighted by Crippen LogP contribution is -2.31. The zero-order chi connectivity index (χ0) is 13.9. The highest BCUT2D eigenvalue weighted by Gasteiger charge is 2.03. The Balaban J connectivity index is 2.30. The largest absolute Gasteiger partial charge is 0.494 e. The Bertz CT molecular complexity index is 321. The average molecular weight is 267 g/mol. The van der Waals surface area contributed by atoms with Crippen LogP contribution in [0.1, 0.15) is 20.3 Å². The van der Waals surface area contributed by atoms with Crippen molar-refractivity contribution < 1.29 is 14.6 Å². The molecule has 0 saturated carbocycles. The quantitative estimate of drug-likeness (QED) is 0.705. The van der Waals surface area contributed by atoms with Crippen LogP contribution in [0.3, 0.4) is 0 Å². The van der Waals surface area contributed by atoms with Gasteiger partial charge in [-0.05, 0) is 44.2 Å². The van der Waals surface area contributed by atoms with Gasteiger partial charge in [-0.3, -0.25) is 4.90 Å². The molecule has 0 aliphatic carbocycles. The van der Waals surface area contributed by atoms with E-state index in [1.807, 2.05) is 31.2 Å². The standard InChI is InChI=1S/C15H25NO3/c1-3-9-16(10-12-17)11-13-19-15-7-5-14(6-8-15)18-4-2/h5-8,17H,3-4,9-13H2,1-2H3. The van der Waals surface area contributed by atoms with Crippen molar-refractivity contribution in [1.29, 1.82) is 0 Å². The summed E-state index contributed by atoms with van der Waals surface area (Å²) in [5, 5.41) is 8.96. The van der Waals surface area contributed by atoms with Crippen molar-refractivity contribution in [3.8, 4) is 11.5 Å². The summed E-state index contributed by atoms with van der Waals surface area (Å²) >= 11 is 0. The molecule has 0 aromatic heterocycles.